The van der Waals surface area contributed by atoms with Crippen LogP contribution in [-0.4, -0.2) is 48.8 Å². The summed E-state index contributed by atoms with van der Waals surface area (Å²) < 4.78 is 5.23. The summed E-state index contributed by atoms with van der Waals surface area (Å²) in [6.07, 6.45) is 4.00. The predicted octanol–water partition coefficient (Wildman–Crippen LogP) is 2.52. The number of carbonyl (C=O) groups is 1. The maximum atomic E-state index is 12.3. The average Bonchev–Trinajstić information content (AvgIpc) is 2.50. The Morgan fingerprint density at radius 2 is 2.32 bits per heavy atom. The molecule has 1 atom stereocenters. The molecule has 2 rings (SSSR count). The molecular formula is C16H23ClN2O3. The van der Waals surface area contributed by atoms with E-state index in [9.17, 15) is 4.79 Å². The van der Waals surface area contributed by atoms with E-state index in [2.05, 4.69) is 10.2 Å². The van der Waals surface area contributed by atoms with Crippen molar-refractivity contribution in [2.45, 2.75) is 31.7 Å². The van der Waals surface area contributed by atoms with E-state index in [0.717, 1.165) is 25.8 Å². The lowest BCUT2D eigenvalue weighted by molar-refractivity contribution is -0.118. The zero-order chi connectivity index (χ0) is 15.9. The van der Waals surface area contributed by atoms with Crippen LogP contribution >= 0.6 is 11.6 Å². The number of aliphatic hydroxyl groups excluding tert-OH is 1. The van der Waals surface area contributed by atoms with Crippen molar-refractivity contribution < 1.29 is 14.6 Å². The third-order valence-corrected chi connectivity index (χ3v) is 4.23. The van der Waals surface area contributed by atoms with Crippen LogP contribution in [0.5, 0.6) is 5.75 Å². The van der Waals surface area contributed by atoms with Gasteiger partial charge >= 0.3 is 0 Å². The van der Waals surface area contributed by atoms with Gasteiger partial charge in [-0.3, -0.25) is 9.69 Å². The Labute approximate surface area is 136 Å². The monoisotopic (exact) mass is 326 g/mol. The molecule has 0 spiro atoms. The molecule has 1 heterocycles. The van der Waals surface area contributed by atoms with Crippen molar-refractivity contribution in [3.63, 3.8) is 0 Å². The van der Waals surface area contributed by atoms with Gasteiger partial charge in [0, 0.05) is 17.7 Å². The first-order valence-electron chi connectivity index (χ1n) is 7.62. The van der Waals surface area contributed by atoms with E-state index in [4.69, 9.17) is 21.4 Å². The molecule has 122 valence electrons. The summed E-state index contributed by atoms with van der Waals surface area (Å²) in [6, 6.07) is 5.41. The number of hydrogen-bond donors (Lipinski definition) is 2. The average molecular weight is 327 g/mol. The predicted molar refractivity (Wildman–Crippen MR) is 87.5 cm³/mol. The van der Waals surface area contributed by atoms with Crippen LogP contribution in [0.15, 0.2) is 18.2 Å². The first-order valence-corrected chi connectivity index (χ1v) is 8.00. The van der Waals surface area contributed by atoms with Gasteiger partial charge in [0.2, 0.25) is 5.91 Å². The Morgan fingerprint density at radius 1 is 1.50 bits per heavy atom. The van der Waals surface area contributed by atoms with Gasteiger partial charge in [-0.05, 0) is 44.0 Å². The first kappa shape index (κ1) is 17.1. The lowest BCUT2D eigenvalue weighted by Crippen LogP contribution is -2.44. The summed E-state index contributed by atoms with van der Waals surface area (Å²) in [5, 5.41) is 12.6. The van der Waals surface area contributed by atoms with Crippen LogP contribution in [0.1, 0.15) is 25.7 Å². The van der Waals surface area contributed by atoms with Gasteiger partial charge in [0.05, 0.1) is 19.3 Å². The number of anilines is 1. The summed E-state index contributed by atoms with van der Waals surface area (Å²) in [5.74, 6) is 0.494. The Kier molecular flexibility index (Phi) is 6.49. The number of rotatable bonds is 6. The van der Waals surface area contributed by atoms with Gasteiger partial charge in [0.1, 0.15) is 5.75 Å². The highest BCUT2D eigenvalue weighted by atomic mass is 35.5. The van der Waals surface area contributed by atoms with Crippen molar-refractivity contribution in [3.05, 3.63) is 23.2 Å². The highest BCUT2D eigenvalue weighted by molar-refractivity contribution is 6.31. The molecule has 1 fully saturated rings. The molecule has 2 N–H and O–H groups in total. The molecule has 1 amide bonds. The second-order valence-corrected chi connectivity index (χ2v) is 5.96. The number of nitrogens with zero attached hydrogens (tertiary/aromatic N) is 1. The SMILES string of the molecule is COc1ccc(Cl)cc1NC(=O)CN1CCCCC1CCO. The minimum Gasteiger partial charge on any atom is -0.495 e. The summed E-state index contributed by atoms with van der Waals surface area (Å²) >= 11 is 5.97. The number of methoxy groups -OCH3 is 1. The van der Waals surface area contributed by atoms with Gasteiger partial charge in [0.15, 0.2) is 0 Å². The standard InChI is InChI=1S/C16H23ClN2O3/c1-22-15-6-5-12(17)10-14(15)18-16(21)11-19-8-3-2-4-13(19)7-9-20/h5-6,10,13,20H,2-4,7-9,11H2,1H3,(H,18,21). The Balaban J connectivity index is 1.98. The molecule has 0 saturated carbocycles. The molecule has 0 aromatic heterocycles. The quantitative estimate of drug-likeness (QED) is 0.843. The molecule has 6 heteroatoms. The van der Waals surface area contributed by atoms with Crippen LogP contribution in [0.4, 0.5) is 5.69 Å². The number of hydrogen-bond acceptors (Lipinski definition) is 4. The molecular weight excluding hydrogens is 304 g/mol. The molecule has 1 aliphatic heterocycles. The topological polar surface area (TPSA) is 61.8 Å². The van der Waals surface area contributed by atoms with E-state index in [1.807, 2.05) is 0 Å². The molecule has 0 aliphatic carbocycles. The number of likely N-dealkylation sites (tertiary alicyclic amines) is 1. The molecule has 0 bridgehead atoms. The lowest BCUT2D eigenvalue weighted by Gasteiger charge is -2.34. The van der Waals surface area contributed by atoms with Gasteiger partial charge in [-0.2, -0.15) is 0 Å². The van der Waals surface area contributed by atoms with Crippen LogP contribution < -0.4 is 10.1 Å². The first-order chi connectivity index (χ1) is 10.6. The van der Waals surface area contributed by atoms with Crippen molar-refractivity contribution in [2.24, 2.45) is 0 Å². The molecule has 1 saturated heterocycles. The van der Waals surface area contributed by atoms with E-state index < -0.39 is 0 Å². The van der Waals surface area contributed by atoms with E-state index in [1.54, 1.807) is 25.3 Å². The molecule has 1 aromatic rings. The number of carbonyl (C=O) groups excluding carboxylic acids is 1. The molecule has 1 unspecified atom stereocenters. The maximum absolute atomic E-state index is 12.3. The number of piperidine rings is 1. The van der Waals surface area contributed by atoms with Crippen LogP contribution in [0.25, 0.3) is 0 Å². The molecule has 5 nitrogen and oxygen atoms in total. The second-order valence-electron chi connectivity index (χ2n) is 5.53. The van der Waals surface area contributed by atoms with Gasteiger partial charge in [-0.1, -0.05) is 18.0 Å². The fraction of sp³-hybridized carbons (Fsp3) is 0.562. The van der Waals surface area contributed by atoms with E-state index in [-0.39, 0.29) is 18.6 Å². The normalized spacial score (nSPS) is 19.0. The zero-order valence-electron chi connectivity index (χ0n) is 12.8. The van der Waals surface area contributed by atoms with Crippen molar-refractivity contribution in [1.82, 2.24) is 4.90 Å². The third kappa shape index (κ3) is 4.60. The fourth-order valence-corrected chi connectivity index (χ4v) is 3.07. The summed E-state index contributed by atoms with van der Waals surface area (Å²) in [6.45, 7) is 1.37. The maximum Gasteiger partial charge on any atom is 0.238 e. The molecule has 0 radical (unpaired) electrons. The Hall–Kier alpha value is -1.30. The van der Waals surface area contributed by atoms with E-state index in [0.29, 0.717) is 29.4 Å². The number of benzene rings is 1. The van der Waals surface area contributed by atoms with Gasteiger partial charge in [-0.15, -0.1) is 0 Å². The largest absolute Gasteiger partial charge is 0.495 e. The van der Waals surface area contributed by atoms with Gasteiger partial charge < -0.3 is 15.2 Å². The van der Waals surface area contributed by atoms with Crippen LogP contribution in [0.3, 0.4) is 0 Å². The summed E-state index contributed by atoms with van der Waals surface area (Å²) in [4.78, 5) is 14.4. The molecule has 22 heavy (non-hydrogen) atoms. The van der Waals surface area contributed by atoms with Gasteiger partial charge in [0.25, 0.3) is 0 Å². The molecule has 1 aliphatic rings. The van der Waals surface area contributed by atoms with Crippen molar-refractivity contribution in [3.8, 4) is 5.75 Å². The minimum absolute atomic E-state index is 0.0922. The number of nitrogens with one attached hydrogen (secondary N) is 1. The number of aliphatic hydroxyl groups is 1. The van der Waals surface area contributed by atoms with E-state index >= 15 is 0 Å². The van der Waals surface area contributed by atoms with Gasteiger partial charge in [-0.25, -0.2) is 0 Å². The fourth-order valence-electron chi connectivity index (χ4n) is 2.90. The summed E-state index contributed by atoms with van der Waals surface area (Å²) in [7, 11) is 1.56. The molecule has 1 aromatic carbocycles. The third-order valence-electron chi connectivity index (χ3n) is 3.99. The van der Waals surface area contributed by atoms with Crippen molar-refractivity contribution >= 4 is 23.2 Å². The Morgan fingerprint density at radius 3 is 3.05 bits per heavy atom. The zero-order valence-corrected chi connectivity index (χ0v) is 13.6. The van der Waals surface area contributed by atoms with E-state index in [1.165, 1.54) is 0 Å². The summed E-state index contributed by atoms with van der Waals surface area (Å²) in [5.41, 5.74) is 0.579. The minimum atomic E-state index is -0.0922. The highest BCUT2D eigenvalue weighted by Gasteiger charge is 2.24. The van der Waals surface area contributed by atoms with Crippen LogP contribution in [0, 0.1) is 0 Å². The Bertz CT molecular complexity index is 508. The number of amides is 1. The van der Waals surface area contributed by atoms with Crippen molar-refractivity contribution in [1.29, 1.82) is 0 Å². The van der Waals surface area contributed by atoms with Crippen LogP contribution in [0.2, 0.25) is 5.02 Å². The second kappa shape index (κ2) is 8.36. The van der Waals surface area contributed by atoms with Crippen LogP contribution in [-0.2, 0) is 4.79 Å². The number of ether oxygens (including phenoxy) is 1. The number of halogens is 1. The smallest absolute Gasteiger partial charge is 0.238 e. The highest BCUT2D eigenvalue weighted by Crippen LogP contribution is 2.28. The van der Waals surface area contributed by atoms with Crippen molar-refractivity contribution in [2.75, 3.05) is 32.1 Å². The lowest BCUT2D eigenvalue weighted by atomic mass is 10.00.